The van der Waals surface area contributed by atoms with Gasteiger partial charge < -0.3 is 18.9 Å². The van der Waals surface area contributed by atoms with Gasteiger partial charge in [-0.2, -0.15) is 0 Å². The van der Waals surface area contributed by atoms with Crippen molar-refractivity contribution < 1.29 is 0 Å². The van der Waals surface area contributed by atoms with E-state index in [1.165, 1.54) is 116 Å². The number of hydrogen-bond donors (Lipinski definition) is 0. The molecule has 4 nitrogen and oxygen atoms in total. The van der Waals surface area contributed by atoms with Crippen LogP contribution >= 0.6 is 0 Å². The van der Waals surface area contributed by atoms with Crippen LogP contribution in [0.1, 0.15) is 79.1 Å². The van der Waals surface area contributed by atoms with Gasteiger partial charge in [-0.3, -0.25) is 0 Å². The van der Waals surface area contributed by atoms with E-state index in [2.05, 4.69) is 275 Å². The number of unbranched alkanes of at least 4 members (excludes halogenated alkanes) is 6. The molecule has 0 aliphatic carbocycles. The van der Waals surface area contributed by atoms with Crippen LogP contribution < -0.4 is 9.80 Å². The Kier molecular flexibility index (Phi) is 16.0. The minimum absolute atomic E-state index is 0.992. The highest BCUT2D eigenvalue weighted by Crippen LogP contribution is 2.42. The third-order valence-corrected chi connectivity index (χ3v) is 15.5. The summed E-state index contributed by atoms with van der Waals surface area (Å²) in [7, 11) is 0. The first-order chi connectivity index (χ1) is 38.6. The molecule has 0 bridgehead atoms. The monoisotopic (exact) mass is 1020 g/mol. The number of fused-ring (bicyclic) bond motifs is 6. The van der Waals surface area contributed by atoms with Crippen molar-refractivity contribution >= 4 is 77.7 Å². The molecule has 0 saturated heterocycles. The maximum atomic E-state index is 2.60. The van der Waals surface area contributed by atoms with Crippen molar-refractivity contribution in [2.45, 2.75) is 92.2 Å². The topological polar surface area (TPSA) is 16.3 Å². The second-order valence-electron chi connectivity index (χ2n) is 20.5. The molecule has 0 atom stereocenters. The first-order valence-corrected chi connectivity index (χ1v) is 28.8. The highest BCUT2D eigenvalue weighted by atomic mass is 15.1. The van der Waals surface area contributed by atoms with Crippen LogP contribution in [0.4, 0.5) is 34.1 Å². The van der Waals surface area contributed by atoms with E-state index in [0.29, 0.717) is 0 Å². The molecule has 12 rings (SSSR count). The lowest BCUT2D eigenvalue weighted by Crippen LogP contribution is -2.09. The molecular formula is C74H72N4. The molecule has 0 unspecified atom stereocenters. The summed E-state index contributed by atoms with van der Waals surface area (Å²) in [6.07, 6.45) is 9.93. The van der Waals surface area contributed by atoms with Gasteiger partial charge in [-0.05, 0) is 168 Å². The largest absolute Gasteiger partial charge is 0.340 e. The Balaban J connectivity index is 0.00000319. The molecule has 0 spiro atoms. The van der Waals surface area contributed by atoms with Crippen LogP contribution in [0.15, 0.2) is 243 Å². The molecule has 12 aromatic rings. The number of nitrogens with zero attached hydrogens (tertiary/aromatic N) is 4. The van der Waals surface area contributed by atoms with Crippen molar-refractivity contribution in [3.8, 4) is 33.4 Å². The molecule has 10 aromatic carbocycles. The Bertz CT molecular complexity index is 3800. The Morgan fingerprint density at radius 1 is 0.256 bits per heavy atom. The molecule has 388 valence electrons. The number of rotatable bonds is 19. The number of hydrogen-bond acceptors (Lipinski definition) is 2. The molecule has 0 radical (unpaired) electrons. The average Bonchev–Trinajstić information content (AvgIpc) is 4.23. The Morgan fingerprint density at radius 3 is 0.833 bits per heavy atom. The van der Waals surface area contributed by atoms with Gasteiger partial charge >= 0.3 is 0 Å². The summed E-state index contributed by atoms with van der Waals surface area (Å²) in [5.41, 5.74) is 19.4. The molecule has 0 aliphatic heterocycles. The fraction of sp³-hybridized carbons (Fsp3) is 0.189. The van der Waals surface area contributed by atoms with Crippen LogP contribution in [0.3, 0.4) is 0 Å². The summed E-state index contributed by atoms with van der Waals surface area (Å²) in [6, 6.07) is 89.4. The van der Waals surface area contributed by atoms with Gasteiger partial charge in [0.1, 0.15) is 0 Å². The van der Waals surface area contributed by atoms with Gasteiger partial charge in [0.15, 0.2) is 0 Å². The van der Waals surface area contributed by atoms with Gasteiger partial charge in [0, 0.05) is 90.8 Å². The lowest BCUT2D eigenvalue weighted by Gasteiger charge is -2.25. The lowest BCUT2D eigenvalue weighted by atomic mass is 9.98. The number of benzene rings is 10. The number of aromatic nitrogens is 2. The van der Waals surface area contributed by atoms with E-state index in [-0.39, 0.29) is 0 Å². The van der Waals surface area contributed by atoms with E-state index in [4.69, 9.17) is 0 Å². The summed E-state index contributed by atoms with van der Waals surface area (Å²) >= 11 is 0. The quantitative estimate of drug-likeness (QED) is 0.0751. The molecule has 0 amide bonds. The number of aryl methyl sites for hydroxylation is 2. The van der Waals surface area contributed by atoms with Gasteiger partial charge in [0.25, 0.3) is 0 Å². The van der Waals surface area contributed by atoms with Crippen LogP contribution in [-0.2, 0) is 13.1 Å². The molecule has 0 saturated carbocycles. The summed E-state index contributed by atoms with van der Waals surface area (Å²) in [5.74, 6) is 0. The van der Waals surface area contributed by atoms with E-state index in [1.807, 2.05) is 13.8 Å². The maximum absolute atomic E-state index is 2.60. The van der Waals surface area contributed by atoms with Gasteiger partial charge in [0.05, 0.1) is 0 Å². The van der Waals surface area contributed by atoms with Gasteiger partial charge in [-0.25, -0.2) is 0 Å². The standard InChI is InChI=1S/C72H66N4.C2H6/c1-3-5-7-8-9-22-48-74-71-44-36-56(54-33-41-64(42-34-54)76(61-27-18-12-19-28-61)62-29-20-13-21-30-62)50-66(71)68-52-58(38-46-72(68)74)57-37-45-70-67(51-57)65-49-55(35-43-69(65)73(70)47-6-4-2)53-31-39-63(40-32-53)75(59-23-14-10-15-24-59)60-25-16-11-17-26-60;1-2/h10-21,23-46,49-52H,3-9,22,47-48H2,1-2H3;1-2H3. The van der Waals surface area contributed by atoms with Crippen LogP contribution in [0.5, 0.6) is 0 Å². The molecular weight excluding hydrogens is 945 g/mol. The van der Waals surface area contributed by atoms with E-state index < -0.39 is 0 Å². The molecule has 4 heteroatoms. The zero-order valence-electron chi connectivity index (χ0n) is 46.0. The van der Waals surface area contributed by atoms with Crippen molar-refractivity contribution in [2.24, 2.45) is 0 Å². The highest BCUT2D eigenvalue weighted by Gasteiger charge is 2.19. The zero-order chi connectivity index (χ0) is 53.2. The zero-order valence-corrected chi connectivity index (χ0v) is 46.0. The summed E-state index contributed by atoms with van der Waals surface area (Å²) in [4.78, 5) is 4.65. The molecule has 2 heterocycles. The number of anilines is 6. The molecule has 0 N–H and O–H groups in total. The molecule has 0 fully saturated rings. The normalized spacial score (nSPS) is 11.3. The van der Waals surface area contributed by atoms with E-state index >= 15 is 0 Å². The second kappa shape index (κ2) is 24.2. The van der Waals surface area contributed by atoms with E-state index in [0.717, 1.165) is 60.1 Å². The first-order valence-electron chi connectivity index (χ1n) is 28.8. The lowest BCUT2D eigenvalue weighted by molar-refractivity contribution is 0.571. The third-order valence-electron chi connectivity index (χ3n) is 15.5. The molecule has 2 aromatic heterocycles. The first kappa shape index (κ1) is 51.5. The van der Waals surface area contributed by atoms with Gasteiger partial charge in [-0.1, -0.05) is 188 Å². The van der Waals surface area contributed by atoms with Crippen LogP contribution in [0.2, 0.25) is 0 Å². The fourth-order valence-corrected chi connectivity index (χ4v) is 11.6. The molecule has 0 aliphatic rings. The smallest absolute Gasteiger partial charge is 0.0491 e. The average molecular weight is 1020 g/mol. The predicted octanol–water partition coefficient (Wildman–Crippen LogP) is 22.0. The fourth-order valence-electron chi connectivity index (χ4n) is 11.6. The molecule has 78 heavy (non-hydrogen) atoms. The minimum Gasteiger partial charge on any atom is -0.340 e. The Morgan fingerprint density at radius 2 is 0.513 bits per heavy atom. The van der Waals surface area contributed by atoms with Gasteiger partial charge in [-0.15, -0.1) is 0 Å². The Hall–Kier alpha value is -8.60. The third kappa shape index (κ3) is 10.6. The van der Waals surface area contributed by atoms with Gasteiger partial charge in [0.2, 0.25) is 0 Å². The van der Waals surface area contributed by atoms with Crippen molar-refractivity contribution in [3.63, 3.8) is 0 Å². The van der Waals surface area contributed by atoms with Crippen molar-refractivity contribution in [3.05, 3.63) is 243 Å². The minimum atomic E-state index is 0.992. The maximum Gasteiger partial charge on any atom is 0.0491 e. The SMILES string of the molecule is CC.CCCCCCCCn1c2ccc(-c3ccc(N(c4ccccc4)c4ccccc4)cc3)cc2c2cc(-c3ccc4c(c3)c3cc(-c5ccc(N(c6ccccc6)c6ccccc6)cc5)ccc3n4CCCC)ccc21. The number of para-hydroxylation sites is 4. The van der Waals surface area contributed by atoms with E-state index in [1.54, 1.807) is 0 Å². The summed E-state index contributed by atoms with van der Waals surface area (Å²) in [6.45, 7) is 10.6. The van der Waals surface area contributed by atoms with Crippen LogP contribution in [0.25, 0.3) is 77.0 Å². The summed E-state index contributed by atoms with van der Waals surface area (Å²) < 4.78 is 5.15. The van der Waals surface area contributed by atoms with Crippen molar-refractivity contribution in [2.75, 3.05) is 9.80 Å². The summed E-state index contributed by atoms with van der Waals surface area (Å²) in [5, 5.41) is 5.22. The van der Waals surface area contributed by atoms with Crippen molar-refractivity contribution in [1.29, 1.82) is 0 Å². The van der Waals surface area contributed by atoms with Crippen molar-refractivity contribution in [1.82, 2.24) is 9.13 Å². The van der Waals surface area contributed by atoms with Crippen LogP contribution in [0, 0.1) is 0 Å². The highest BCUT2D eigenvalue weighted by molar-refractivity contribution is 6.13. The Labute approximate surface area is 462 Å². The van der Waals surface area contributed by atoms with E-state index in [9.17, 15) is 0 Å². The second-order valence-corrected chi connectivity index (χ2v) is 20.5. The van der Waals surface area contributed by atoms with Crippen LogP contribution in [-0.4, -0.2) is 9.13 Å². The predicted molar refractivity (Wildman–Crippen MR) is 338 cm³/mol.